The maximum atomic E-state index is 12.2. The fourth-order valence-electron chi connectivity index (χ4n) is 4.12. The molecular formula is C20H28N2O2S. The van der Waals surface area contributed by atoms with Crippen LogP contribution in [-0.4, -0.2) is 29.7 Å². The van der Waals surface area contributed by atoms with Crippen molar-refractivity contribution in [3.63, 3.8) is 0 Å². The molecule has 2 amide bonds. The number of nitrogens with one attached hydrogen (secondary N) is 2. The molecular weight excluding hydrogens is 332 g/mol. The van der Waals surface area contributed by atoms with Gasteiger partial charge >= 0.3 is 0 Å². The van der Waals surface area contributed by atoms with E-state index in [9.17, 15) is 9.59 Å². The Morgan fingerprint density at radius 2 is 2.00 bits per heavy atom. The van der Waals surface area contributed by atoms with Crippen molar-refractivity contribution < 1.29 is 9.59 Å². The molecule has 1 heterocycles. The minimum absolute atomic E-state index is 0.0994. The van der Waals surface area contributed by atoms with Gasteiger partial charge in [-0.1, -0.05) is 32.0 Å². The van der Waals surface area contributed by atoms with Crippen LogP contribution in [0.4, 0.5) is 0 Å². The molecule has 3 rings (SSSR count). The average molecular weight is 361 g/mol. The van der Waals surface area contributed by atoms with E-state index in [0.29, 0.717) is 18.3 Å². The molecule has 0 radical (unpaired) electrons. The number of rotatable bonds is 5. The molecule has 1 aromatic rings. The van der Waals surface area contributed by atoms with E-state index < -0.39 is 0 Å². The minimum atomic E-state index is 0.0994. The standard InChI is InChI=1S/C20H28N2O2S/c1-13-14(2)20(24)22-18-12-15(8-9-17(13)18)21-19(23)10-11-25-16-6-4-3-5-7-16/h3-7,13-15,17-18H,8-12H2,1-2H3,(H,21,23)(H,22,24). The highest BCUT2D eigenvalue weighted by atomic mass is 32.2. The molecule has 5 unspecified atom stereocenters. The first-order valence-corrected chi connectivity index (χ1v) is 10.3. The molecule has 1 saturated carbocycles. The third-order valence-corrected chi connectivity index (χ3v) is 6.83. The lowest BCUT2D eigenvalue weighted by Gasteiger charge is -2.45. The van der Waals surface area contributed by atoms with E-state index in [1.807, 2.05) is 25.1 Å². The Bertz CT molecular complexity index is 607. The van der Waals surface area contributed by atoms with Crippen LogP contribution < -0.4 is 10.6 Å². The Kier molecular flexibility index (Phi) is 6.05. The summed E-state index contributed by atoms with van der Waals surface area (Å²) in [4.78, 5) is 25.5. The van der Waals surface area contributed by atoms with Crippen molar-refractivity contribution >= 4 is 23.6 Å². The molecule has 0 aromatic heterocycles. The molecule has 5 atom stereocenters. The van der Waals surface area contributed by atoms with Crippen molar-refractivity contribution in [3.8, 4) is 0 Å². The molecule has 5 heteroatoms. The van der Waals surface area contributed by atoms with E-state index in [2.05, 4.69) is 29.7 Å². The summed E-state index contributed by atoms with van der Waals surface area (Å²) in [5.41, 5.74) is 0. The van der Waals surface area contributed by atoms with Crippen molar-refractivity contribution in [2.75, 3.05) is 5.75 Å². The predicted octanol–water partition coefficient (Wildman–Crippen LogP) is 3.22. The average Bonchev–Trinajstić information content (AvgIpc) is 2.60. The first-order chi connectivity index (χ1) is 12.0. The van der Waals surface area contributed by atoms with E-state index >= 15 is 0 Å². The van der Waals surface area contributed by atoms with Crippen molar-refractivity contribution in [3.05, 3.63) is 30.3 Å². The summed E-state index contributed by atoms with van der Waals surface area (Å²) in [6, 6.07) is 10.6. The Morgan fingerprint density at radius 1 is 1.24 bits per heavy atom. The summed E-state index contributed by atoms with van der Waals surface area (Å²) in [5.74, 6) is 2.16. The van der Waals surface area contributed by atoms with Crippen molar-refractivity contribution in [2.24, 2.45) is 17.8 Å². The lowest BCUT2D eigenvalue weighted by molar-refractivity contribution is -0.132. The van der Waals surface area contributed by atoms with Gasteiger partial charge in [-0.3, -0.25) is 9.59 Å². The molecule has 4 nitrogen and oxygen atoms in total. The van der Waals surface area contributed by atoms with Crippen LogP contribution in [0.1, 0.15) is 39.5 Å². The maximum absolute atomic E-state index is 12.2. The molecule has 0 bridgehead atoms. The van der Waals surface area contributed by atoms with Gasteiger partial charge in [-0.25, -0.2) is 0 Å². The lowest BCUT2D eigenvalue weighted by atomic mass is 9.68. The van der Waals surface area contributed by atoms with Gasteiger partial charge in [0.1, 0.15) is 0 Å². The van der Waals surface area contributed by atoms with Crippen LogP contribution in [0.5, 0.6) is 0 Å². The van der Waals surface area contributed by atoms with Crippen molar-refractivity contribution in [1.82, 2.24) is 10.6 Å². The molecule has 1 saturated heterocycles. The summed E-state index contributed by atoms with van der Waals surface area (Å²) in [6.45, 7) is 4.22. The maximum Gasteiger partial charge on any atom is 0.223 e. The summed E-state index contributed by atoms with van der Waals surface area (Å²) in [7, 11) is 0. The highest BCUT2D eigenvalue weighted by molar-refractivity contribution is 7.99. The molecule has 136 valence electrons. The number of piperidine rings is 1. The first kappa shape index (κ1) is 18.3. The SMILES string of the molecule is CC1C(=O)NC2CC(NC(=O)CCSc3ccccc3)CCC2C1C. The number of fused-ring (bicyclic) bond motifs is 1. The minimum Gasteiger partial charge on any atom is -0.353 e. The van der Waals surface area contributed by atoms with E-state index in [4.69, 9.17) is 0 Å². The number of carbonyl (C=O) groups excluding carboxylic acids is 2. The van der Waals surface area contributed by atoms with Gasteiger partial charge in [0.25, 0.3) is 0 Å². The predicted molar refractivity (Wildman–Crippen MR) is 101 cm³/mol. The molecule has 0 spiro atoms. The number of thioether (sulfide) groups is 1. The molecule has 1 aliphatic carbocycles. The number of benzene rings is 1. The Labute approximate surface area is 154 Å². The van der Waals surface area contributed by atoms with Gasteiger partial charge in [0.2, 0.25) is 11.8 Å². The van der Waals surface area contributed by atoms with Crippen LogP contribution in [0.15, 0.2) is 35.2 Å². The number of hydrogen-bond donors (Lipinski definition) is 2. The van der Waals surface area contributed by atoms with Gasteiger partial charge in [-0.05, 0) is 43.2 Å². The first-order valence-electron chi connectivity index (χ1n) is 9.32. The van der Waals surface area contributed by atoms with Crippen molar-refractivity contribution in [2.45, 2.75) is 56.5 Å². The van der Waals surface area contributed by atoms with E-state index in [-0.39, 0.29) is 29.8 Å². The van der Waals surface area contributed by atoms with Gasteiger partial charge in [0.05, 0.1) is 0 Å². The number of carbonyl (C=O) groups is 2. The molecule has 25 heavy (non-hydrogen) atoms. The summed E-state index contributed by atoms with van der Waals surface area (Å²) in [5, 5.41) is 6.35. The van der Waals surface area contributed by atoms with Crippen LogP contribution in [0.3, 0.4) is 0 Å². The molecule has 1 aromatic carbocycles. The van der Waals surface area contributed by atoms with Crippen LogP contribution in [-0.2, 0) is 9.59 Å². The van der Waals surface area contributed by atoms with Crippen molar-refractivity contribution in [1.29, 1.82) is 0 Å². The van der Waals surface area contributed by atoms with E-state index in [1.54, 1.807) is 11.8 Å². The Balaban J connectivity index is 1.43. The summed E-state index contributed by atoms with van der Waals surface area (Å²) >= 11 is 1.71. The van der Waals surface area contributed by atoms with Crippen LogP contribution in [0, 0.1) is 17.8 Å². The second-order valence-electron chi connectivity index (χ2n) is 7.42. The Hall–Kier alpha value is -1.49. The van der Waals surface area contributed by atoms with Crippen LogP contribution >= 0.6 is 11.8 Å². The third-order valence-electron chi connectivity index (χ3n) is 5.82. The van der Waals surface area contributed by atoms with Gasteiger partial charge in [0, 0.05) is 35.1 Å². The second kappa shape index (κ2) is 8.26. The quantitative estimate of drug-likeness (QED) is 0.793. The fraction of sp³-hybridized carbons (Fsp3) is 0.600. The van der Waals surface area contributed by atoms with Gasteiger partial charge < -0.3 is 10.6 Å². The van der Waals surface area contributed by atoms with E-state index in [1.165, 1.54) is 4.90 Å². The smallest absolute Gasteiger partial charge is 0.223 e. The normalized spacial score (nSPS) is 31.8. The van der Waals surface area contributed by atoms with E-state index in [0.717, 1.165) is 25.0 Å². The zero-order valence-electron chi connectivity index (χ0n) is 15.0. The summed E-state index contributed by atoms with van der Waals surface area (Å²) in [6.07, 6.45) is 3.50. The van der Waals surface area contributed by atoms with Gasteiger partial charge in [0.15, 0.2) is 0 Å². The number of amides is 2. The topological polar surface area (TPSA) is 58.2 Å². The summed E-state index contributed by atoms with van der Waals surface area (Å²) < 4.78 is 0. The monoisotopic (exact) mass is 360 g/mol. The Morgan fingerprint density at radius 3 is 2.76 bits per heavy atom. The largest absolute Gasteiger partial charge is 0.353 e. The van der Waals surface area contributed by atoms with Gasteiger partial charge in [-0.15, -0.1) is 11.8 Å². The third kappa shape index (κ3) is 4.57. The zero-order chi connectivity index (χ0) is 17.8. The second-order valence-corrected chi connectivity index (χ2v) is 8.58. The number of hydrogen-bond acceptors (Lipinski definition) is 3. The lowest BCUT2D eigenvalue weighted by Crippen LogP contribution is -2.57. The molecule has 2 fully saturated rings. The molecule has 1 aliphatic heterocycles. The highest BCUT2D eigenvalue weighted by Crippen LogP contribution is 2.37. The van der Waals surface area contributed by atoms with Gasteiger partial charge in [-0.2, -0.15) is 0 Å². The molecule has 2 N–H and O–H groups in total. The fourth-order valence-corrected chi connectivity index (χ4v) is 4.99. The van der Waals surface area contributed by atoms with Crippen LogP contribution in [0.25, 0.3) is 0 Å². The van der Waals surface area contributed by atoms with Crippen LogP contribution in [0.2, 0.25) is 0 Å². The molecule has 2 aliphatic rings. The zero-order valence-corrected chi connectivity index (χ0v) is 15.9. The highest BCUT2D eigenvalue weighted by Gasteiger charge is 2.42.